The number of hydrogen-bond donors (Lipinski definition) is 0. The van der Waals surface area contributed by atoms with E-state index < -0.39 is 0 Å². The zero-order chi connectivity index (χ0) is 15.5. The van der Waals surface area contributed by atoms with Gasteiger partial charge in [0, 0.05) is 30.8 Å². The summed E-state index contributed by atoms with van der Waals surface area (Å²) in [4.78, 5) is 14.6. The lowest BCUT2D eigenvalue weighted by atomic mass is 9.77. The van der Waals surface area contributed by atoms with E-state index in [0.29, 0.717) is 11.8 Å². The van der Waals surface area contributed by atoms with Crippen LogP contribution in [0.15, 0.2) is 24.3 Å². The van der Waals surface area contributed by atoms with Crippen LogP contribution in [0, 0.1) is 11.3 Å². The Morgan fingerprint density at radius 2 is 1.90 bits per heavy atom. The van der Waals surface area contributed by atoms with Crippen LogP contribution in [0.1, 0.15) is 63.7 Å². The molecular formula is C19H29NO. The van der Waals surface area contributed by atoms with Gasteiger partial charge in [0.05, 0.1) is 0 Å². The van der Waals surface area contributed by atoms with E-state index in [9.17, 15) is 4.79 Å². The zero-order valence-corrected chi connectivity index (χ0v) is 14.0. The smallest absolute Gasteiger partial charge is 0.164 e. The molecule has 0 saturated carbocycles. The molecule has 1 aromatic carbocycles. The highest BCUT2D eigenvalue weighted by Crippen LogP contribution is 2.35. The number of rotatable bonds is 3. The van der Waals surface area contributed by atoms with Crippen molar-refractivity contribution >= 4 is 11.5 Å². The first-order valence-electron chi connectivity index (χ1n) is 8.30. The first-order chi connectivity index (χ1) is 9.93. The number of carbonyl (C=O) groups excluding carboxylic acids is 1. The van der Waals surface area contributed by atoms with Gasteiger partial charge in [0.15, 0.2) is 5.78 Å². The lowest BCUT2D eigenvalue weighted by Gasteiger charge is -2.30. The van der Waals surface area contributed by atoms with Crippen LogP contribution in [0.5, 0.6) is 0 Å². The van der Waals surface area contributed by atoms with Crippen LogP contribution in [-0.2, 0) is 0 Å². The van der Waals surface area contributed by atoms with E-state index in [2.05, 4.69) is 31.7 Å². The Bertz CT molecular complexity index is 487. The van der Waals surface area contributed by atoms with Crippen molar-refractivity contribution in [1.29, 1.82) is 0 Å². The zero-order valence-electron chi connectivity index (χ0n) is 14.0. The predicted molar refractivity (Wildman–Crippen MR) is 90.1 cm³/mol. The fourth-order valence-corrected chi connectivity index (χ4v) is 3.38. The normalized spacial score (nSPS) is 20.2. The average Bonchev–Trinajstić information content (AvgIpc) is 2.72. The van der Waals surface area contributed by atoms with Gasteiger partial charge in [-0.3, -0.25) is 4.79 Å². The first kappa shape index (κ1) is 16.1. The van der Waals surface area contributed by atoms with Gasteiger partial charge in [0.2, 0.25) is 0 Å². The minimum absolute atomic E-state index is 0.252. The monoisotopic (exact) mass is 287 g/mol. The molecule has 2 rings (SSSR count). The van der Waals surface area contributed by atoms with Crippen LogP contribution in [0.4, 0.5) is 5.69 Å². The fourth-order valence-electron chi connectivity index (χ4n) is 3.38. The maximum atomic E-state index is 12.2. The lowest BCUT2D eigenvalue weighted by molar-refractivity contribution is 0.0988. The molecule has 1 atom stereocenters. The summed E-state index contributed by atoms with van der Waals surface area (Å²) in [5, 5.41) is 0. The molecule has 0 aromatic heterocycles. The summed E-state index contributed by atoms with van der Waals surface area (Å²) < 4.78 is 0. The van der Waals surface area contributed by atoms with Gasteiger partial charge in [-0.2, -0.15) is 0 Å². The fraction of sp³-hybridized carbons (Fsp3) is 0.632. The molecule has 0 aliphatic carbocycles. The minimum Gasteiger partial charge on any atom is -0.371 e. The van der Waals surface area contributed by atoms with Crippen LogP contribution in [-0.4, -0.2) is 18.9 Å². The van der Waals surface area contributed by atoms with E-state index in [1.54, 1.807) is 0 Å². The van der Waals surface area contributed by atoms with Crippen LogP contribution < -0.4 is 4.90 Å². The van der Waals surface area contributed by atoms with E-state index in [0.717, 1.165) is 30.3 Å². The molecule has 1 heterocycles. The Balaban J connectivity index is 2.18. The maximum absolute atomic E-state index is 12.2. The summed E-state index contributed by atoms with van der Waals surface area (Å²) in [6.07, 6.45) is 4.31. The van der Waals surface area contributed by atoms with Gasteiger partial charge in [-0.1, -0.05) is 39.8 Å². The molecule has 0 bridgehead atoms. The number of ketones is 1. The van der Waals surface area contributed by atoms with Crippen LogP contribution >= 0.6 is 0 Å². The minimum atomic E-state index is 0.252. The predicted octanol–water partition coefficient (Wildman–Crippen LogP) is 4.93. The third-order valence-electron chi connectivity index (χ3n) is 4.82. The highest BCUT2D eigenvalue weighted by atomic mass is 16.1. The number of hydrogen-bond acceptors (Lipinski definition) is 2. The molecule has 0 radical (unpaired) electrons. The van der Waals surface area contributed by atoms with Gasteiger partial charge in [-0.05, 0) is 42.7 Å². The summed E-state index contributed by atoms with van der Waals surface area (Å²) in [6, 6.07) is 8.11. The van der Waals surface area contributed by atoms with Gasteiger partial charge >= 0.3 is 0 Å². The second kappa shape index (κ2) is 6.64. The summed E-state index contributed by atoms with van der Waals surface area (Å²) in [5.74, 6) is 1.03. The average molecular weight is 287 g/mol. The number of benzene rings is 1. The summed E-state index contributed by atoms with van der Waals surface area (Å²) in [6.45, 7) is 11.1. The second-order valence-corrected chi connectivity index (χ2v) is 7.27. The van der Waals surface area contributed by atoms with Crippen LogP contribution in [0.3, 0.4) is 0 Å². The van der Waals surface area contributed by atoms with Crippen molar-refractivity contribution < 1.29 is 4.79 Å². The molecule has 1 aliphatic heterocycles. The van der Waals surface area contributed by atoms with E-state index in [-0.39, 0.29) is 5.78 Å². The Morgan fingerprint density at radius 1 is 1.19 bits per heavy atom. The second-order valence-electron chi connectivity index (χ2n) is 7.27. The molecule has 1 unspecified atom stereocenters. The largest absolute Gasteiger partial charge is 0.371 e. The van der Waals surface area contributed by atoms with Gasteiger partial charge in [-0.25, -0.2) is 0 Å². The molecule has 1 aliphatic rings. The van der Waals surface area contributed by atoms with Gasteiger partial charge in [0.25, 0.3) is 0 Å². The van der Waals surface area contributed by atoms with E-state index in [1.807, 2.05) is 25.1 Å². The van der Waals surface area contributed by atoms with Gasteiger partial charge in [-0.15, -0.1) is 0 Å². The Kier molecular flexibility index (Phi) is 5.08. The quantitative estimate of drug-likeness (QED) is 0.734. The van der Waals surface area contributed by atoms with Crippen molar-refractivity contribution in [2.75, 3.05) is 18.0 Å². The number of carbonyl (C=O) groups is 1. The number of anilines is 1. The molecule has 2 nitrogen and oxygen atoms in total. The molecule has 116 valence electrons. The van der Waals surface area contributed by atoms with Gasteiger partial charge in [0.1, 0.15) is 0 Å². The number of para-hydroxylation sites is 1. The molecule has 1 saturated heterocycles. The first-order valence-corrected chi connectivity index (χ1v) is 8.30. The highest BCUT2D eigenvalue weighted by Gasteiger charge is 2.27. The summed E-state index contributed by atoms with van der Waals surface area (Å²) in [7, 11) is 0. The molecule has 0 spiro atoms. The maximum Gasteiger partial charge on any atom is 0.164 e. The highest BCUT2D eigenvalue weighted by molar-refractivity contribution is 6.01. The van der Waals surface area contributed by atoms with Crippen molar-refractivity contribution in [1.82, 2.24) is 0 Å². The molecule has 1 fully saturated rings. The van der Waals surface area contributed by atoms with Gasteiger partial charge < -0.3 is 4.90 Å². The third kappa shape index (κ3) is 3.87. The Morgan fingerprint density at radius 3 is 2.57 bits per heavy atom. The lowest BCUT2D eigenvalue weighted by Crippen LogP contribution is -2.27. The molecule has 1 aromatic rings. The third-order valence-corrected chi connectivity index (χ3v) is 4.82. The summed E-state index contributed by atoms with van der Waals surface area (Å²) in [5.41, 5.74) is 2.42. The van der Waals surface area contributed by atoms with Crippen LogP contribution in [0.25, 0.3) is 0 Å². The van der Waals surface area contributed by atoms with E-state index in [4.69, 9.17) is 0 Å². The molecular weight excluding hydrogens is 258 g/mol. The van der Waals surface area contributed by atoms with E-state index in [1.165, 1.54) is 19.3 Å². The number of Topliss-reactive ketones (excluding diaryl/α,β-unsaturated/α-hetero) is 1. The molecule has 0 N–H and O–H groups in total. The van der Waals surface area contributed by atoms with Crippen molar-refractivity contribution in [2.24, 2.45) is 11.3 Å². The molecule has 0 amide bonds. The molecule has 2 heteroatoms. The van der Waals surface area contributed by atoms with Crippen LogP contribution in [0.2, 0.25) is 0 Å². The summed E-state index contributed by atoms with van der Waals surface area (Å²) >= 11 is 0. The SMILES string of the molecule is CCC(=O)c1ccccc1N1CCCC(C(C)(C)C)CC1. The van der Waals surface area contributed by atoms with Crippen molar-refractivity contribution in [2.45, 2.75) is 53.4 Å². The standard InChI is InChI=1S/C19H29NO/c1-5-18(21)16-10-6-7-11-17(16)20-13-8-9-15(12-14-20)19(2,3)4/h6-7,10-11,15H,5,8-9,12-14H2,1-4H3. The topological polar surface area (TPSA) is 20.3 Å². The van der Waals surface area contributed by atoms with Crippen molar-refractivity contribution in [3.8, 4) is 0 Å². The Labute approximate surface area is 129 Å². The van der Waals surface area contributed by atoms with E-state index >= 15 is 0 Å². The van der Waals surface area contributed by atoms with Crippen molar-refractivity contribution in [3.05, 3.63) is 29.8 Å². The number of nitrogens with zero attached hydrogens (tertiary/aromatic N) is 1. The Hall–Kier alpha value is -1.31. The van der Waals surface area contributed by atoms with Crippen molar-refractivity contribution in [3.63, 3.8) is 0 Å². The molecule has 21 heavy (non-hydrogen) atoms.